The zero-order valence-corrected chi connectivity index (χ0v) is 17.9. The second kappa shape index (κ2) is 8.31. The van der Waals surface area contributed by atoms with E-state index in [4.69, 9.17) is 4.52 Å². The molecule has 4 aromatic rings. The van der Waals surface area contributed by atoms with Crippen molar-refractivity contribution in [3.8, 4) is 22.2 Å². The molecule has 156 valence electrons. The van der Waals surface area contributed by atoms with Crippen LogP contribution >= 0.6 is 11.3 Å². The first-order valence-electron chi connectivity index (χ1n) is 10.1. The lowest BCUT2D eigenvalue weighted by molar-refractivity contribution is 0.0751. The number of nitrogens with zero attached hydrogens (tertiary/aromatic N) is 5. The molecular formula is C23H21N5O2S. The number of carbonyl (C=O) groups excluding carboxylic acids is 1. The van der Waals surface area contributed by atoms with Crippen molar-refractivity contribution in [1.82, 2.24) is 20.0 Å². The van der Waals surface area contributed by atoms with E-state index in [2.05, 4.69) is 20.0 Å². The number of amides is 1. The second-order valence-electron chi connectivity index (χ2n) is 7.42. The normalized spacial score (nSPS) is 14.1. The van der Waals surface area contributed by atoms with Crippen LogP contribution in [0.4, 0.5) is 5.82 Å². The smallest absolute Gasteiger partial charge is 0.264 e. The Bertz CT molecular complexity index is 1180. The Kier molecular flexibility index (Phi) is 5.21. The van der Waals surface area contributed by atoms with Crippen LogP contribution in [0.25, 0.3) is 22.2 Å². The molecule has 3 aromatic heterocycles. The first kappa shape index (κ1) is 19.4. The Hall–Kier alpha value is -3.52. The summed E-state index contributed by atoms with van der Waals surface area (Å²) in [7, 11) is 0. The number of pyridine rings is 1. The molecule has 1 saturated heterocycles. The van der Waals surface area contributed by atoms with Crippen LogP contribution in [0, 0.1) is 6.92 Å². The number of rotatable bonds is 4. The highest BCUT2D eigenvalue weighted by Gasteiger charge is 2.24. The quantitative estimate of drug-likeness (QED) is 0.484. The van der Waals surface area contributed by atoms with Crippen molar-refractivity contribution in [2.45, 2.75) is 6.92 Å². The van der Waals surface area contributed by atoms with Crippen molar-refractivity contribution >= 4 is 23.1 Å². The van der Waals surface area contributed by atoms with E-state index < -0.39 is 0 Å². The van der Waals surface area contributed by atoms with Crippen LogP contribution in [0.2, 0.25) is 0 Å². The van der Waals surface area contributed by atoms with Crippen LogP contribution in [-0.4, -0.2) is 52.1 Å². The Morgan fingerprint density at radius 3 is 2.55 bits per heavy atom. The van der Waals surface area contributed by atoms with Crippen LogP contribution in [0.1, 0.15) is 15.2 Å². The minimum atomic E-state index is 0.0409. The van der Waals surface area contributed by atoms with Crippen LogP contribution in [0.5, 0.6) is 0 Å². The number of benzene rings is 1. The molecule has 0 spiro atoms. The summed E-state index contributed by atoms with van der Waals surface area (Å²) in [6, 6.07) is 17.5. The molecule has 1 fully saturated rings. The number of anilines is 1. The highest BCUT2D eigenvalue weighted by Crippen LogP contribution is 2.29. The molecular weight excluding hydrogens is 410 g/mol. The lowest BCUT2D eigenvalue weighted by atomic mass is 10.1. The fraction of sp³-hybridized carbons (Fsp3) is 0.217. The first-order valence-corrected chi connectivity index (χ1v) is 11.0. The number of piperazine rings is 1. The summed E-state index contributed by atoms with van der Waals surface area (Å²) in [5.74, 6) is 1.97. The van der Waals surface area contributed by atoms with Gasteiger partial charge in [0.15, 0.2) is 0 Å². The van der Waals surface area contributed by atoms with Gasteiger partial charge in [0, 0.05) is 37.9 Å². The van der Waals surface area contributed by atoms with Crippen molar-refractivity contribution < 1.29 is 9.32 Å². The highest BCUT2D eigenvalue weighted by molar-refractivity contribution is 7.17. The Morgan fingerprint density at radius 1 is 1.00 bits per heavy atom. The number of aromatic nitrogens is 3. The van der Waals surface area contributed by atoms with E-state index in [0.29, 0.717) is 29.7 Å². The van der Waals surface area contributed by atoms with Crippen LogP contribution < -0.4 is 4.90 Å². The third-order valence-electron chi connectivity index (χ3n) is 5.30. The van der Waals surface area contributed by atoms with Gasteiger partial charge in [-0.05, 0) is 43.3 Å². The van der Waals surface area contributed by atoms with E-state index in [0.717, 1.165) is 29.3 Å². The van der Waals surface area contributed by atoms with Gasteiger partial charge in [0.2, 0.25) is 5.82 Å². The van der Waals surface area contributed by atoms with Crippen molar-refractivity contribution in [2.24, 2.45) is 0 Å². The summed E-state index contributed by atoms with van der Waals surface area (Å²) in [6.45, 7) is 4.91. The highest BCUT2D eigenvalue weighted by atomic mass is 32.1. The van der Waals surface area contributed by atoms with Gasteiger partial charge in [0.05, 0.1) is 9.75 Å². The molecule has 0 atom stereocenters. The molecule has 1 amide bonds. The van der Waals surface area contributed by atoms with Gasteiger partial charge in [-0.15, -0.1) is 11.3 Å². The summed E-state index contributed by atoms with van der Waals surface area (Å²) in [5, 5.41) is 4.10. The Morgan fingerprint density at radius 2 is 1.81 bits per heavy atom. The third-order valence-corrected chi connectivity index (χ3v) is 6.37. The first-order chi connectivity index (χ1) is 15.2. The summed E-state index contributed by atoms with van der Waals surface area (Å²) in [5.41, 5.74) is 2.05. The molecule has 0 bridgehead atoms. The average molecular weight is 432 g/mol. The molecule has 0 radical (unpaired) electrons. The van der Waals surface area contributed by atoms with Gasteiger partial charge in [0.1, 0.15) is 5.82 Å². The fourth-order valence-corrected chi connectivity index (χ4v) is 4.44. The number of aryl methyl sites for hydroxylation is 1. The SMILES string of the molecule is Cc1ccc(-c2nc(-c3ccc(C(=O)N4CCN(c5ccccn5)CC4)s3)no2)cc1. The molecule has 7 nitrogen and oxygen atoms in total. The second-order valence-corrected chi connectivity index (χ2v) is 8.50. The van der Waals surface area contributed by atoms with Crippen LogP contribution in [-0.2, 0) is 0 Å². The van der Waals surface area contributed by atoms with E-state index in [9.17, 15) is 4.79 Å². The molecule has 31 heavy (non-hydrogen) atoms. The van der Waals surface area contributed by atoms with Gasteiger partial charge >= 0.3 is 0 Å². The average Bonchev–Trinajstić information content (AvgIpc) is 3.50. The van der Waals surface area contributed by atoms with Gasteiger partial charge in [0.25, 0.3) is 11.8 Å². The van der Waals surface area contributed by atoms with Crippen LogP contribution in [0.15, 0.2) is 65.3 Å². The molecule has 0 saturated carbocycles. The van der Waals surface area contributed by atoms with E-state index in [1.165, 1.54) is 16.9 Å². The zero-order chi connectivity index (χ0) is 21.2. The largest absolute Gasteiger partial charge is 0.353 e. The van der Waals surface area contributed by atoms with Crippen LogP contribution in [0.3, 0.4) is 0 Å². The van der Waals surface area contributed by atoms with Crippen molar-refractivity contribution in [2.75, 3.05) is 31.1 Å². The maximum Gasteiger partial charge on any atom is 0.264 e. The summed E-state index contributed by atoms with van der Waals surface area (Å²) < 4.78 is 5.42. The maximum atomic E-state index is 13.0. The molecule has 1 aliphatic heterocycles. The zero-order valence-electron chi connectivity index (χ0n) is 17.1. The predicted molar refractivity (Wildman–Crippen MR) is 120 cm³/mol. The topological polar surface area (TPSA) is 75.4 Å². The lowest BCUT2D eigenvalue weighted by Crippen LogP contribution is -2.48. The van der Waals surface area contributed by atoms with Gasteiger partial charge in [-0.2, -0.15) is 4.98 Å². The summed E-state index contributed by atoms with van der Waals surface area (Å²) >= 11 is 1.39. The predicted octanol–water partition coefficient (Wildman–Crippen LogP) is 4.13. The van der Waals surface area contributed by atoms with Gasteiger partial charge in [-0.3, -0.25) is 4.79 Å². The monoisotopic (exact) mass is 431 g/mol. The molecule has 4 heterocycles. The number of hydrogen-bond acceptors (Lipinski definition) is 7. The molecule has 8 heteroatoms. The number of hydrogen-bond donors (Lipinski definition) is 0. The van der Waals surface area contributed by atoms with Crippen molar-refractivity contribution in [3.05, 3.63) is 71.2 Å². The minimum Gasteiger partial charge on any atom is -0.353 e. The number of thiophene rings is 1. The van der Waals surface area contributed by atoms with E-state index >= 15 is 0 Å². The standard InChI is InChI=1S/C23H21N5O2S/c1-16-5-7-17(8-6-16)22-25-21(26-30-22)18-9-10-19(31-18)23(29)28-14-12-27(13-15-28)20-4-2-3-11-24-20/h2-11H,12-15H2,1H3. The molecule has 1 aromatic carbocycles. The molecule has 1 aliphatic rings. The number of carbonyl (C=O) groups is 1. The van der Waals surface area contributed by atoms with Gasteiger partial charge in [-0.1, -0.05) is 28.9 Å². The van der Waals surface area contributed by atoms with Gasteiger partial charge < -0.3 is 14.3 Å². The van der Waals surface area contributed by atoms with E-state index in [1.54, 1.807) is 6.20 Å². The molecule has 0 unspecified atom stereocenters. The summed E-state index contributed by atoms with van der Waals surface area (Å²) in [4.78, 5) is 27.5. The lowest BCUT2D eigenvalue weighted by Gasteiger charge is -2.35. The molecule has 0 N–H and O–H groups in total. The molecule has 5 rings (SSSR count). The van der Waals surface area contributed by atoms with Gasteiger partial charge in [-0.25, -0.2) is 4.98 Å². The third kappa shape index (κ3) is 4.06. The van der Waals surface area contributed by atoms with Crippen molar-refractivity contribution in [3.63, 3.8) is 0 Å². The Balaban J connectivity index is 1.26. The maximum absolute atomic E-state index is 13.0. The fourth-order valence-electron chi connectivity index (χ4n) is 3.55. The molecule has 0 aliphatic carbocycles. The van der Waals surface area contributed by atoms with E-state index in [1.807, 2.05) is 66.4 Å². The minimum absolute atomic E-state index is 0.0409. The summed E-state index contributed by atoms with van der Waals surface area (Å²) in [6.07, 6.45) is 1.79. The Labute approximate surface area is 184 Å². The van der Waals surface area contributed by atoms with E-state index in [-0.39, 0.29) is 5.91 Å². The van der Waals surface area contributed by atoms with Crippen molar-refractivity contribution in [1.29, 1.82) is 0 Å².